The molecule has 0 saturated heterocycles. The third-order valence-electron chi connectivity index (χ3n) is 7.28. The van der Waals surface area contributed by atoms with Crippen LogP contribution >= 0.6 is 11.6 Å². The Bertz CT molecular complexity index is 1850. The number of aromatic nitrogens is 4. The number of amides is 1. The lowest BCUT2D eigenvalue weighted by Gasteiger charge is -2.27. The second-order valence-electron chi connectivity index (χ2n) is 12.2. The molecule has 0 unspecified atom stereocenters. The molecular formula is C30H27ClF8N6O5. The standard InChI is InChI=1S/C30H27ClF8N6O5/c1-26(2,3)50-21(47)8-7-20(46)49-15-44(27(14-40)9-10-27)25(48)18-11-16(5-6-19(18)31)17-12-41-45(13-17)24-22(29(34,35)36)23(42-43(24)4)28(32,33)30(37,38)39/h5-6,11-13H,7-10,15H2,1-4H3. The van der Waals surface area contributed by atoms with Gasteiger partial charge in [0, 0.05) is 18.8 Å². The number of nitriles is 1. The van der Waals surface area contributed by atoms with E-state index in [0.717, 1.165) is 24.3 Å². The summed E-state index contributed by atoms with van der Waals surface area (Å²) in [6.45, 7) is 4.22. The van der Waals surface area contributed by atoms with E-state index in [1.807, 2.05) is 6.07 Å². The van der Waals surface area contributed by atoms with Crippen LogP contribution in [0.25, 0.3) is 16.9 Å². The summed E-state index contributed by atoms with van der Waals surface area (Å²) >= 11 is 6.30. The summed E-state index contributed by atoms with van der Waals surface area (Å²) in [6, 6.07) is 5.71. The Labute approximate surface area is 283 Å². The zero-order valence-corrected chi connectivity index (χ0v) is 27.3. The molecule has 270 valence electrons. The molecule has 1 amide bonds. The van der Waals surface area contributed by atoms with Crippen molar-refractivity contribution in [3.05, 3.63) is 52.4 Å². The third-order valence-corrected chi connectivity index (χ3v) is 7.61. The molecule has 20 heteroatoms. The van der Waals surface area contributed by atoms with Gasteiger partial charge in [-0.25, -0.2) is 9.36 Å². The Morgan fingerprint density at radius 2 is 1.64 bits per heavy atom. The molecule has 0 spiro atoms. The molecule has 2 aromatic heterocycles. The maximum Gasteiger partial charge on any atom is 0.459 e. The van der Waals surface area contributed by atoms with E-state index in [1.165, 1.54) is 18.2 Å². The summed E-state index contributed by atoms with van der Waals surface area (Å²) in [5.41, 5.74) is -7.28. The monoisotopic (exact) mass is 738 g/mol. The molecule has 3 aromatic rings. The SMILES string of the molecule is Cn1nc(C(F)(F)C(F)(F)F)c(C(F)(F)F)c1-n1cc(-c2ccc(Cl)c(C(=O)N(COC(=O)CCC(=O)OC(C)(C)C)C3(C#N)CC3)c2)cn1. The molecular weight excluding hydrogens is 712 g/mol. The lowest BCUT2D eigenvalue weighted by atomic mass is 10.0. The Morgan fingerprint density at radius 3 is 2.18 bits per heavy atom. The Balaban J connectivity index is 1.63. The quantitative estimate of drug-likeness (QED) is 0.127. The largest absolute Gasteiger partial charge is 0.460 e. The van der Waals surface area contributed by atoms with Crippen LogP contribution < -0.4 is 0 Å². The zero-order valence-electron chi connectivity index (χ0n) is 26.5. The van der Waals surface area contributed by atoms with Crippen LogP contribution in [0.5, 0.6) is 0 Å². The van der Waals surface area contributed by atoms with Crippen LogP contribution in [0.15, 0.2) is 30.6 Å². The van der Waals surface area contributed by atoms with Gasteiger partial charge in [-0.1, -0.05) is 17.7 Å². The first-order valence-electron chi connectivity index (χ1n) is 14.5. The van der Waals surface area contributed by atoms with Crippen LogP contribution in [0.2, 0.25) is 5.02 Å². The van der Waals surface area contributed by atoms with E-state index in [4.69, 9.17) is 21.1 Å². The highest BCUT2D eigenvalue weighted by molar-refractivity contribution is 6.34. The number of alkyl halides is 8. The number of hydrogen-bond acceptors (Lipinski definition) is 8. The maximum atomic E-state index is 14.1. The first kappa shape index (κ1) is 38.1. The first-order chi connectivity index (χ1) is 22.9. The number of halogens is 9. The Kier molecular flexibility index (Phi) is 10.0. The van der Waals surface area contributed by atoms with Crippen molar-refractivity contribution in [1.29, 1.82) is 5.26 Å². The summed E-state index contributed by atoms with van der Waals surface area (Å²) in [4.78, 5) is 39.0. The van der Waals surface area contributed by atoms with Crippen LogP contribution in [0.4, 0.5) is 35.1 Å². The molecule has 2 heterocycles. The van der Waals surface area contributed by atoms with Gasteiger partial charge in [0.25, 0.3) is 5.91 Å². The average Bonchev–Trinajstić information content (AvgIpc) is 3.45. The average molecular weight is 739 g/mol. The topological polar surface area (TPSA) is 132 Å². The second-order valence-corrected chi connectivity index (χ2v) is 12.6. The number of benzene rings is 1. The molecule has 1 fully saturated rings. The van der Waals surface area contributed by atoms with Gasteiger partial charge in [0.05, 0.1) is 35.7 Å². The summed E-state index contributed by atoms with van der Waals surface area (Å²) in [5, 5.41) is 16.2. The number of rotatable bonds is 10. The fraction of sp³-hybridized carbons (Fsp3) is 0.467. The van der Waals surface area contributed by atoms with Gasteiger partial charge in [-0.15, -0.1) is 0 Å². The normalized spacial score (nSPS) is 14.6. The van der Waals surface area contributed by atoms with Crippen molar-refractivity contribution >= 4 is 29.4 Å². The fourth-order valence-electron chi connectivity index (χ4n) is 4.74. The summed E-state index contributed by atoms with van der Waals surface area (Å²) in [5.74, 6) is -9.64. The van der Waals surface area contributed by atoms with Crippen molar-refractivity contribution < 1.29 is 59.0 Å². The molecule has 4 rings (SSSR count). The molecule has 50 heavy (non-hydrogen) atoms. The summed E-state index contributed by atoms with van der Waals surface area (Å²) in [6.07, 6.45) is -10.6. The lowest BCUT2D eigenvalue weighted by molar-refractivity contribution is -0.292. The van der Waals surface area contributed by atoms with Gasteiger partial charge in [-0.3, -0.25) is 19.3 Å². The number of carbonyl (C=O) groups excluding carboxylic acids is 3. The maximum absolute atomic E-state index is 14.1. The van der Waals surface area contributed by atoms with E-state index in [2.05, 4.69) is 10.2 Å². The van der Waals surface area contributed by atoms with E-state index in [9.17, 15) is 54.8 Å². The van der Waals surface area contributed by atoms with Crippen LogP contribution in [0, 0.1) is 11.3 Å². The lowest BCUT2D eigenvalue weighted by Crippen LogP contribution is -2.43. The molecule has 1 aliphatic carbocycles. The molecule has 0 bridgehead atoms. The second kappa shape index (κ2) is 13.2. The molecule has 0 atom stereocenters. The Morgan fingerprint density at radius 1 is 1.02 bits per heavy atom. The van der Waals surface area contributed by atoms with Gasteiger partial charge < -0.3 is 9.47 Å². The van der Waals surface area contributed by atoms with Crippen LogP contribution in [-0.4, -0.2) is 66.4 Å². The number of ether oxygens (including phenoxy) is 2. The minimum Gasteiger partial charge on any atom is -0.460 e. The van der Waals surface area contributed by atoms with Gasteiger partial charge in [-0.2, -0.15) is 50.6 Å². The van der Waals surface area contributed by atoms with Gasteiger partial charge in [0.2, 0.25) is 0 Å². The molecule has 1 aromatic carbocycles. The van der Waals surface area contributed by atoms with Crippen molar-refractivity contribution in [3.8, 4) is 23.0 Å². The van der Waals surface area contributed by atoms with Gasteiger partial charge in [-0.05, 0) is 51.3 Å². The molecule has 1 saturated carbocycles. The van der Waals surface area contributed by atoms with E-state index in [-0.39, 0.29) is 45.7 Å². The van der Waals surface area contributed by atoms with Crippen LogP contribution in [-0.2, 0) is 38.2 Å². The van der Waals surface area contributed by atoms with E-state index < -0.39 is 77.5 Å². The van der Waals surface area contributed by atoms with Gasteiger partial charge in [0.1, 0.15) is 16.7 Å². The number of nitrogens with zero attached hydrogens (tertiary/aromatic N) is 6. The van der Waals surface area contributed by atoms with Crippen molar-refractivity contribution in [3.63, 3.8) is 0 Å². The fourth-order valence-corrected chi connectivity index (χ4v) is 4.94. The van der Waals surface area contributed by atoms with Crippen molar-refractivity contribution in [1.82, 2.24) is 24.5 Å². The predicted molar refractivity (Wildman–Crippen MR) is 156 cm³/mol. The van der Waals surface area contributed by atoms with Crippen LogP contribution in [0.1, 0.15) is 68.1 Å². The van der Waals surface area contributed by atoms with Crippen molar-refractivity contribution in [2.24, 2.45) is 7.05 Å². The van der Waals surface area contributed by atoms with Gasteiger partial charge in [0.15, 0.2) is 18.2 Å². The number of carbonyl (C=O) groups is 3. The molecule has 0 aliphatic heterocycles. The molecule has 1 aliphatic rings. The Hall–Kier alpha value is -4.73. The van der Waals surface area contributed by atoms with E-state index >= 15 is 0 Å². The summed E-state index contributed by atoms with van der Waals surface area (Å²) in [7, 11) is 0.725. The zero-order chi connectivity index (χ0) is 37.6. The molecule has 0 radical (unpaired) electrons. The smallest absolute Gasteiger partial charge is 0.459 e. The summed E-state index contributed by atoms with van der Waals surface area (Å²) < 4.78 is 120. The highest BCUT2D eigenvalue weighted by Gasteiger charge is 2.64. The minimum atomic E-state index is -6.39. The first-order valence-corrected chi connectivity index (χ1v) is 14.8. The predicted octanol–water partition coefficient (Wildman–Crippen LogP) is 6.72. The van der Waals surface area contributed by atoms with Crippen molar-refractivity contribution in [2.75, 3.05) is 6.73 Å². The molecule has 11 nitrogen and oxygen atoms in total. The minimum absolute atomic E-state index is 0.0317. The highest BCUT2D eigenvalue weighted by atomic mass is 35.5. The highest BCUT2D eigenvalue weighted by Crippen LogP contribution is 2.49. The van der Waals surface area contributed by atoms with Crippen molar-refractivity contribution in [2.45, 2.75) is 75.9 Å². The number of esters is 2. The van der Waals surface area contributed by atoms with E-state index in [1.54, 1.807) is 20.8 Å². The third kappa shape index (κ3) is 7.85. The van der Waals surface area contributed by atoms with Gasteiger partial charge >= 0.3 is 30.2 Å². The van der Waals surface area contributed by atoms with Crippen LogP contribution in [0.3, 0.4) is 0 Å². The molecule has 0 N–H and O–H groups in total. The van der Waals surface area contributed by atoms with E-state index in [0.29, 0.717) is 4.68 Å². The number of aryl methyl sites for hydroxylation is 1. The number of hydrogen-bond donors (Lipinski definition) is 0.